The molecule has 0 aliphatic rings. The van der Waals surface area contributed by atoms with Crippen LogP contribution in [0.15, 0.2) is 30.3 Å². The van der Waals surface area contributed by atoms with Crippen molar-refractivity contribution < 1.29 is 4.79 Å². The van der Waals surface area contributed by atoms with Gasteiger partial charge in [-0.2, -0.15) is 4.68 Å². The second kappa shape index (κ2) is 5.37. The Hall–Kier alpha value is -2.28. The summed E-state index contributed by atoms with van der Waals surface area (Å²) in [6.45, 7) is 2.06. The van der Waals surface area contributed by atoms with Crippen LogP contribution in [0.2, 0.25) is 0 Å². The minimum atomic E-state index is -0.425. The van der Waals surface area contributed by atoms with Crippen molar-refractivity contribution in [1.82, 2.24) is 25.5 Å². The van der Waals surface area contributed by atoms with E-state index in [1.54, 1.807) is 11.6 Å². The maximum absolute atomic E-state index is 10.9. The molecule has 0 saturated carbocycles. The van der Waals surface area contributed by atoms with Gasteiger partial charge in [0.05, 0.1) is 18.3 Å². The number of hydrogen-bond acceptors (Lipinski definition) is 5. The Morgan fingerprint density at radius 1 is 1.44 bits per heavy atom. The Kier molecular flexibility index (Phi) is 3.63. The Morgan fingerprint density at radius 3 is 2.83 bits per heavy atom. The Labute approximate surface area is 104 Å². The first-order valence-electron chi connectivity index (χ1n) is 5.54. The highest BCUT2D eigenvalue weighted by Crippen LogP contribution is 2.06. The van der Waals surface area contributed by atoms with E-state index in [1.165, 1.54) is 0 Å². The van der Waals surface area contributed by atoms with Crippen LogP contribution in [0, 0.1) is 0 Å². The number of carbonyl (C=O) groups is 1. The number of aromatic nitrogens is 4. The molecule has 1 heterocycles. The van der Waals surface area contributed by atoms with Crippen LogP contribution in [0.1, 0.15) is 12.7 Å². The molecule has 2 rings (SSSR count). The number of carbonyl (C=O) groups excluding carboxylic acids is 1. The number of nitrogens with one attached hydrogen (secondary N) is 1. The summed E-state index contributed by atoms with van der Waals surface area (Å²) < 4.78 is 1.61. The molecule has 3 N–H and O–H groups in total. The van der Waals surface area contributed by atoms with Gasteiger partial charge >= 0.3 is 0 Å². The highest BCUT2D eigenvalue weighted by atomic mass is 16.1. The molecule has 94 valence electrons. The average Bonchev–Trinajstić information content (AvgIpc) is 2.85. The van der Waals surface area contributed by atoms with Crippen LogP contribution in [0.3, 0.4) is 0 Å². The number of nitrogens with two attached hydrogens (primary N) is 1. The van der Waals surface area contributed by atoms with Gasteiger partial charge in [0.1, 0.15) is 0 Å². The van der Waals surface area contributed by atoms with E-state index in [-0.39, 0.29) is 0 Å². The molecule has 7 nitrogen and oxygen atoms in total. The quantitative estimate of drug-likeness (QED) is 0.749. The zero-order valence-corrected chi connectivity index (χ0v) is 9.95. The number of amides is 1. The molecule has 0 bridgehead atoms. The van der Waals surface area contributed by atoms with Gasteiger partial charge in [-0.05, 0) is 29.5 Å². The van der Waals surface area contributed by atoms with E-state index in [9.17, 15) is 4.79 Å². The maximum Gasteiger partial charge on any atom is 0.234 e. The van der Waals surface area contributed by atoms with Crippen LogP contribution in [0.4, 0.5) is 0 Å². The summed E-state index contributed by atoms with van der Waals surface area (Å²) in [5.41, 5.74) is 6.03. The molecule has 0 fully saturated rings. The molecule has 0 aliphatic heterocycles. The van der Waals surface area contributed by atoms with E-state index in [1.807, 2.05) is 30.3 Å². The molecule has 0 saturated heterocycles. The van der Waals surface area contributed by atoms with E-state index in [0.29, 0.717) is 12.4 Å². The molecule has 0 spiro atoms. The lowest BCUT2D eigenvalue weighted by Gasteiger charge is -2.09. The van der Waals surface area contributed by atoms with Crippen molar-refractivity contribution in [2.24, 2.45) is 5.73 Å². The summed E-state index contributed by atoms with van der Waals surface area (Å²) in [5.74, 6) is 0.211. The van der Waals surface area contributed by atoms with E-state index < -0.39 is 11.9 Å². The maximum atomic E-state index is 10.9. The van der Waals surface area contributed by atoms with Crippen molar-refractivity contribution in [3.05, 3.63) is 36.2 Å². The molecular weight excluding hydrogens is 232 g/mol. The normalized spacial score (nSPS) is 12.3. The zero-order chi connectivity index (χ0) is 13.0. The lowest BCUT2D eigenvalue weighted by molar-refractivity contribution is -0.119. The van der Waals surface area contributed by atoms with Crippen molar-refractivity contribution in [1.29, 1.82) is 0 Å². The van der Waals surface area contributed by atoms with E-state index in [0.717, 1.165) is 5.69 Å². The Bertz CT molecular complexity index is 523. The largest absolute Gasteiger partial charge is 0.368 e. The fourth-order valence-electron chi connectivity index (χ4n) is 1.43. The minimum Gasteiger partial charge on any atom is -0.368 e. The molecule has 2 aromatic rings. The number of rotatable bonds is 5. The summed E-state index contributed by atoms with van der Waals surface area (Å²) in [4.78, 5) is 10.9. The van der Waals surface area contributed by atoms with Gasteiger partial charge in [-0.1, -0.05) is 18.2 Å². The van der Waals surface area contributed by atoms with Gasteiger partial charge in [0.2, 0.25) is 5.91 Å². The van der Waals surface area contributed by atoms with Crippen LogP contribution in [-0.2, 0) is 11.3 Å². The number of tetrazole rings is 1. The summed E-state index contributed by atoms with van der Waals surface area (Å²) in [7, 11) is 0. The number of benzene rings is 1. The molecule has 0 aliphatic carbocycles. The third-order valence-corrected chi connectivity index (χ3v) is 2.53. The second-order valence-corrected chi connectivity index (χ2v) is 3.85. The van der Waals surface area contributed by atoms with Gasteiger partial charge in [-0.25, -0.2) is 0 Å². The van der Waals surface area contributed by atoms with Gasteiger partial charge in [0.15, 0.2) is 5.82 Å². The van der Waals surface area contributed by atoms with Crippen LogP contribution in [-0.4, -0.2) is 32.2 Å². The fraction of sp³-hybridized carbons (Fsp3) is 0.273. The van der Waals surface area contributed by atoms with Gasteiger partial charge in [0.25, 0.3) is 0 Å². The van der Waals surface area contributed by atoms with Gasteiger partial charge in [0, 0.05) is 0 Å². The third-order valence-electron chi connectivity index (χ3n) is 2.53. The molecule has 1 aromatic heterocycles. The topological polar surface area (TPSA) is 98.7 Å². The predicted molar refractivity (Wildman–Crippen MR) is 64.7 cm³/mol. The van der Waals surface area contributed by atoms with Gasteiger partial charge < -0.3 is 5.73 Å². The highest BCUT2D eigenvalue weighted by Gasteiger charge is 2.11. The first kappa shape index (κ1) is 12.2. The first-order valence-corrected chi connectivity index (χ1v) is 5.54. The van der Waals surface area contributed by atoms with Crippen molar-refractivity contribution in [3.8, 4) is 5.69 Å². The van der Waals surface area contributed by atoms with E-state index in [4.69, 9.17) is 5.73 Å². The second-order valence-electron chi connectivity index (χ2n) is 3.85. The molecule has 18 heavy (non-hydrogen) atoms. The van der Waals surface area contributed by atoms with Crippen LogP contribution >= 0.6 is 0 Å². The molecular formula is C11H14N6O. The molecule has 1 atom stereocenters. The van der Waals surface area contributed by atoms with Crippen LogP contribution < -0.4 is 11.1 Å². The summed E-state index contributed by atoms with van der Waals surface area (Å²) in [6.07, 6.45) is 0. The lowest BCUT2D eigenvalue weighted by atomic mass is 10.3. The standard InChI is InChI=1S/C11H14N6O/c1-8(11(12)18)13-7-10-14-15-16-17(10)9-5-3-2-4-6-9/h2-6,8,13H,7H2,1H3,(H2,12,18). The predicted octanol–water partition coefficient (Wildman–Crippen LogP) is -0.374. The summed E-state index contributed by atoms with van der Waals surface area (Å²) in [5, 5.41) is 14.4. The monoisotopic (exact) mass is 246 g/mol. The SMILES string of the molecule is CC(NCc1nnnn1-c1ccccc1)C(N)=O. The Morgan fingerprint density at radius 2 is 2.17 bits per heavy atom. The van der Waals surface area contributed by atoms with Crippen LogP contribution in [0.5, 0.6) is 0 Å². The Balaban J connectivity index is 2.12. The van der Waals surface area contributed by atoms with Crippen molar-refractivity contribution in [3.63, 3.8) is 0 Å². The third kappa shape index (κ3) is 2.69. The van der Waals surface area contributed by atoms with Gasteiger partial charge in [-0.3, -0.25) is 10.1 Å². The van der Waals surface area contributed by atoms with Crippen molar-refractivity contribution in [2.45, 2.75) is 19.5 Å². The first-order chi connectivity index (χ1) is 8.68. The smallest absolute Gasteiger partial charge is 0.234 e. The molecule has 7 heteroatoms. The zero-order valence-electron chi connectivity index (χ0n) is 9.95. The fourth-order valence-corrected chi connectivity index (χ4v) is 1.43. The molecule has 1 unspecified atom stereocenters. The number of primary amides is 1. The molecule has 1 amide bonds. The lowest BCUT2D eigenvalue weighted by Crippen LogP contribution is -2.38. The highest BCUT2D eigenvalue weighted by molar-refractivity contribution is 5.79. The number of nitrogens with zero attached hydrogens (tertiary/aromatic N) is 4. The summed E-state index contributed by atoms with van der Waals surface area (Å²) >= 11 is 0. The minimum absolute atomic E-state index is 0.367. The number of hydrogen-bond donors (Lipinski definition) is 2. The molecule has 1 aromatic carbocycles. The summed E-state index contributed by atoms with van der Waals surface area (Å²) in [6, 6.07) is 9.10. The van der Waals surface area contributed by atoms with E-state index >= 15 is 0 Å². The van der Waals surface area contributed by atoms with E-state index in [2.05, 4.69) is 20.8 Å². The average molecular weight is 246 g/mol. The van der Waals surface area contributed by atoms with Crippen molar-refractivity contribution in [2.75, 3.05) is 0 Å². The number of para-hydroxylation sites is 1. The van der Waals surface area contributed by atoms with Gasteiger partial charge in [-0.15, -0.1) is 5.10 Å². The van der Waals surface area contributed by atoms with Crippen LogP contribution in [0.25, 0.3) is 5.69 Å². The van der Waals surface area contributed by atoms with Crippen molar-refractivity contribution >= 4 is 5.91 Å². The molecule has 0 radical (unpaired) electrons.